The van der Waals surface area contributed by atoms with Gasteiger partial charge in [-0.1, -0.05) is 37.3 Å². The number of nitrogens with zero attached hydrogens (tertiary/aromatic N) is 1. The molecule has 24 heavy (non-hydrogen) atoms. The number of anilines is 1. The summed E-state index contributed by atoms with van der Waals surface area (Å²) >= 11 is 0. The minimum atomic E-state index is 0.848. The molecule has 0 saturated heterocycles. The van der Waals surface area contributed by atoms with Gasteiger partial charge in [-0.15, -0.1) is 0 Å². The third-order valence-corrected chi connectivity index (χ3v) is 4.19. The monoisotopic (exact) mass is 318 g/mol. The lowest BCUT2D eigenvalue weighted by molar-refractivity contribution is 0.415. The summed E-state index contributed by atoms with van der Waals surface area (Å²) in [6.07, 6.45) is 0.927. The standard InChI is InChI=1S/C21H22N2O/c1-4-18-19(15-8-6-5-7-9-15)14-20(23-21(18)22-2)16-10-12-17(24-3)13-11-16/h5-14H,4H2,1-3H3,(H,22,23). The largest absolute Gasteiger partial charge is 0.497 e. The van der Waals surface area contributed by atoms with E-state index in [0.717, 1.165) is 29.2 Å². The molecule has 3 nitrogen and oxygen atoms in total. The maximum atomic E-state index is 5.25. The van der Waals surface area contributed by atoms with E-state index in [2.05, 4.69) is 42.6 Å². The molecule has 122 valence electrons. The van der Waals surface area contributed by atoms with Gasteiger partial charge in [0.15, 0.2) is 0 Å². The molecule has 0 radical (unpaired) electrons. The highest BCUT2D eigenvalue weighted by Gasteiger charge is 2.13. The second kappa shape index (κ2) is 7.18. The quantitative estimate of drug-likeness (QED) is 0.716. The highest BCUT2D eigenvalue weighted by molar-refractivity contribution is 5.78. The van der Waals surface area contributed by atoms with Crippen LogP contribution in [0.3, 0.4) is 0 Å². The molecule has 0 spiro atoms. The molecule has 0 atom stereocenters. The van der Waals surface area contributed by atoms with E-state index in [9.17, 15) is 0 Å². The summed E-state index contributed by atoms with van der Waals surface area (Å²) in [6, 6.07) is 20.7. The minimum absolute atomic E-state index is 0.848. The second-order valence-corrected chi connectivity index (χ2v) is 5.58. The van der Waals surface area contributed by atoms with Crippen LogP contribution in [0.4, 0.5) is 5.82 Å². The van der Waals surface area contributed by atoms with Crippen molar-refractivity contribution in [1.29, 1.82) is 0 Å². The van der Waals surface area contributed by atoms with Crippen LogP contribution in [0.2, 0.25) is 0 Å². The Balaban J connectivity index is 2.17. The van der Waals surface area contributed by atoms with E-state index >= 15 is 0 Å². The number of methoxy groups -OCH3 is 1. The number of hydrogen-bond donors (Lipinski definition) is 1. The molecule has 2 aromatic carbocycles. The Morgan fingerprint density at radius 3 is 2.25 bits per heavy atom. The predicted octanol–water partition coefficient (Wildman–Crippen LogP) is 5.03. The molecule has 0 aliphatic rings. The molecular formula is C21H22N2O. The van der Waals surface area contributed by atoms with Gasteiger partial charge in [0.05, 0.1) is 12.8 Å². The van der Waals surface area contributed by atoms with Crippen molar-refractivity contribution in [3.05, 3.63) is 66.2 Å². The zero-order valence-corrected chi connectivity index (χ0v) is 14.3. The van der Waals surface area contributed by atoms with Gasteiger partial charge in [-0.05, 0) is 47.9 Å². The molecule has 0 amide bonds. The van der Waals surface area contributed by atoms with E-state index in [0.29, 0.717) is 0 Å². The van der Waals surface area contributed by atoms with Crippen molar-refractivity contribution < 1.29 is 4.74 Å². The summed E-state index contributed by atoms with van der Waals surface area (Å²) in [4.78, 5) is 4.82. The van der Waals surface area contributed by atoms with E-state index < -0.39 is 0 Å². The molecule has 1 aromatic heterocycles. The molecule has 1 heterocycles. The summed E-state index contributed by atoms with van der Waals surface area (Å²) in [6.45, 7) is 2.16. The van der Waals surface area contributed by atoms with E-state index in [-0.39, 0.29) is 0 Å². The minimum Gasteiger partial charge on any atom is -0.497 e. The molecule has 0 saturated carbocycles. The molecule has 0 aliphatic carbocycles. The number of nitrogens with one attached hydrogen (secondary N) is 1. The van der Waals surface area contributed by atoms with Crippen molar-refractivity contribution in [3.63, 3.8) is 0 Å². The summed E-state index contributed by atoms with van der Waals surface area (Å²) in [5.74, 6) is 1.78. The molecule has 0 aliphatic heterocycles. The third-order valence-electron chi connectivity index (χ3n) is 4.19. The molecule has 3 aromatic rings. The van der Waals surface area contributed by atoms with Crippen LogP contribution < -0.4 is 10.1 Å². The topological polar surface area (TPSA) is 34.1 Å². The molecule has 3 rings (SSSR count). The summed E-state index contributed by atoms with van der Waals surface area (Å²) in [7, 11) is 3.60. The van der Waals surface area contributed by atoms with Crippen LogP contribution in [0.1, 0.15) is 12.5 Å². The van der Waals surface area contributed by atoms with Crippen LogP contribution in [-0.2, 0) is 6.42 Å². The lowest BCUT2D eigenvalue weighted by Crippen LogP contribution is -2.02. The fraction of sp³-hybridized carbons (Fsp3) is 0.190. The first-order chi connectivity index (χ1) is 11.8. The van der Waals surface area contributed by atoms with Crippen molar-refractivity contribution in [3.8, 4) is 28.1 Å². The lowest BCUT2D eigenvalue weighted by atomic mass is 9.96. The van der Waals surface area contributed by atoms with Crippen LogP contribution in [0.15, 0.2) is 60.7 Å². The molecule has 1 N–H and O–H groups in total. The van der Waals surface area contributed by atoms with Gasteiger partial charge in [-0.3, -0.25) is 0 Å². The van der Waals surface area contributed by atoms with Gasteiger partial charge in [0.25, 0.3) is 0 Å². The van der Waals surface area contributed by atoms with Gasteiger partial charge in [-0.2, -0.15) is 0 Å². The van der Waals surface area contributed by atoms with E-state index in [1.807, 2.05) is 37.4 Å². The number of pyridine rings is 1. The summed E-state index contributed by atoms with van der Waals surface area (Å²) < 4.78 is 5.25. The Morgan fingerprint density at radius 2 is 1.67 bits per heavy atom. The summed E-state index contributed by atoms with van der Waals surface area (Å²) in [5.41, 5.74) is 5.71. The van der Waals surface area contributed by atoms with Crippen LogP contribution >= 0.6 is 0 Å². The second-order valence-electron chi connectivity index (χ2n) is 5.58. The normalized spacial score (nSPS) is 10.5. The van der Waals surface area contributed by atoms with Crippen molar-refractivity contribution >= 4 is 5.82 Å². The van der Waals surface area contributed by atoms with Crippen molar-refractivity contribution in [2.75, 3.05) is 19.5 Å². The third kappa shape index (κ3) is 3.11. The maximum Gasteiger partial charge on any atom is 0.130 e. The Hall–Kier alpha value is -2.81. The molecule has 3 heteroatoms. The number of ether oxygens (including phenoxy) is 1. The van der Waals surface area contributed by atoms with Gasteiger partial charge in [0, 0.05) is 18.2 Å². The molecular weight excluding hydrogens is 296 g/mol. The first-order valence-corrected chi connectivity index (χ1v) is 8.18. The smallest absolute Gasteiger partial charge is 0.130 e. The van der Waals surface area contributed by atoms with Gasteiger partial charge in [0.1, 0.15) is 11.6 Å². The first-order valence-electron chi connectivity index (χ1n) is 8.18. The van der Waals surface area contributed by atoms with Crippen molar-refractivity contribution in [2.24, 2.45) is 0 Å². The molecule has 0 bridgehead atoms. The first kappa shape index (κ1) is 16.1. The fourth-order valence-corrected chi connectivity index (χ4v) is 2.92. The van der Waals surface area contributed by atoms with E-state index in [4.69, 9.17) is 9.72 Å². The number of rotatable bonds is 5. The Labute approximate surface area is 143 Å². The van der Waals surface area contributed by atoms with Gasteiger partial charge < -0.3 is 10.1 Å². The summed E-state index contributed by atoms with van der Waals surface area (Å²) in [5, 5.41) is 3.25. The van der Waals surface area contributed by atoms with Crippen LogP contribution in [0.5, 0.6) is 5.75 Å². The molecule has 0 fully saturated rings. The SMILES string of the molecule is CCc1c(-c2ccccc2)cc(-c2ccc(OC)cc2)nc1NC. The van der Waals surface area contributed by atoms with E-state index in [1.54, 1.807) is 7.11 Å². The lowest BCUT2D eigenvalue weighted by Gasteiger charge is -2.15. The highest BCUT2D eigenvalue weighted by atomic mass is 16.5. The van der Waals surface area contributed by atoms with Crippen LogP contribution in [-0.4, -0.2) is 19.1 Å². The average Bonchev–Trinajstić information content (AvgIpc) is 2.67. The van der Waals surface area contributed by atoms with E-state index in [1.165, 1.54) is 16.7 Å². The van der Waals surface area contributed by atoms with Crippen LogP contribution in [0.25, 0.3) is 22.4 Å². The number of benzene rings is 2. The van der Waals surface area contributed by atoms with Crippen molar-refractivity contribution in [2.45, 2.75) is 13.3 Å². The number of hydrogen-bond acceptors (Lipinski definition) is 3. The Bertz CT molecular complexity index is 811. The number of aromatic nitrogens is 1. The predicted molar refractivity (Wildman–Crippen MR) is 101 cm³/mol. The van der Waals surface area contributed by atoms with Crippen molar-refractivity contribution in [1.82, 2.24) is 4.98 Å². The fourth-order valence-electron chi connectivity index (χ4n) is 2.92. The average molecular weight is 318 g/mol. The maximum absolute atomic E-state index is 5.25. The van der Waals surface area contributed by atoms with Gasteiger partial charge in [0.2, 0.25) is 0 Å². The highest BCUT2D eigenvalue weighted by Crippen LogP contribution is 2.33. The van der Waals surface area contributed by atoms with Gasteiger partial charge >= 0.3 is 0 Å². The Kier molecular flexibility index (Phi) is 4.80. The molecule has 0 unspecified atom stereocenters. The Morgan fingerprint density at radius 1 is 0.958 bits per heavy atom. The van der Waals surface area contributed by atoms with Crippen LogP contribution in [0, 0.1) is 0 Å². The zero-order valence-electron chi connectivity index (χ0n) is 14.3. The zero-order chi connectivity index (χ0) is 16.9. The van der Waals surface area contributed by atoms with Gasteiger partial charge in [-0.25, -0.2) is 4.98 Å².